The van der Waals surface area contributed by atoms with Gasteiger partial charge >= 0.3 is 0 Å². The summed E-state index contributed by atoms with van der Waals surface area (Å²) in [6.45, 7) is 0. The lowest BCUT2D eigenvalue weighted by Crippen LogP contribution is -2.16. The molecule has 0 saturated heterocycles. The molecule has 6 nitrogen and oxygen atoms in total. The number of anilines is 1. The Balaban J connectivity index is 1.89. The second kappa shape index (κ2) is 5.19. The summed E-state index contributed by atoms with van der Waals surface area (Å²) < 4.78 is 26.2. The quantitative estimate of drug-likeness (QED) is 0.734. The number of phenols is 1. The minimum Gasteiger partial charge on any atom is -0.508 e. The second-order valence-electron chi connectivity index (χ2n) is 4.70. The molecule has 0 bridgehead atoms. The highest BCUT2D eigenvalue weighted by molar-refractivity contribution is 7.90. The first-order chi connectivity index (χ1) is 10.5. The Kier molecular flexibility index (Phi) is 3.34. The van der Waals surface area contributed by atoms with Gasteiger partial charge in [0, 0.05) is 23.4 Å². The maximum atomic E-state index is 12.0. The number of nitrogens with one attached hydrogen (secondary N) is 2. The third kappa shape index (κ3) is 2.66. The lowest BCUT2D eigenvalue weighted by atomic mass is 10.1. The Morgan fingerprint density at radius 1 is 1.14 bits per heavy atom. The smallest absolute Gasteiger partial charge is 0.262 e. The van der Waals surface area contributed by atoms with Gasteiger partial charge in [-0.1, -0.05) is 24.3 Å². The molecule has 0 spiro atoms. The van der Waals surface area contributed by atoms with Gasteiger partial charge < -0.3 is 10.4 Å². The van der Waals surface area contributed by atoms with Crippen LogP contribution in [0.5, 0.6) is 5.75 Å². The first-order valence-electron chi connectivity index (χ1n) is 6.40. The minimum atomic E-state index is -3.62. The monoisotopic (exact) mass is 316 g/mol. The van der Waals surface area contributed by atoms with E-state index in [1.54, 1.807) is 30.3 Å². The number of aromatic hydroxyl groups is 1. The van der Waals surface area contributed by atoms with Crippen LogP contribution in [0, 0.1) is 0 Å². The highest BCUT2D eigenvalue weighted by Crippen LogP contribution is 2.29. The molecule has 0 unspecified atom stereocenters. The number of carbonyl (C=O) groups is 1. The maximum Gasteiger partial charge on any atom is 0.262 e. The van der Waals surface area contributed by atoms with E-state index in [4.69, 9.17) is 0 Å². The molecular weight excluding hydrogens is 304 g/mol. The summed E-state index contributed by atoms with van der Waals surface area (Å²) in [4.78, 5) is 12.1. The highest BCUT2D eigenvalue weighted by atomic mass is 32.2. The molecule has 2 aromatic rings. The molecule has 1 heterocycles. The molecule has 3 rings (SSSR count). The molecule has 1 aliphatic rings. The van der Waals surface area contributed by atoms with Crippen molar-refractivity contribution in [3.8, 4) is 5.75 Å². The predicted octanol–water partition coefficient (Wildman–Crippen LogP) is 1.66. The van der Waals surface area contributed by atoms with Crippen LogP contribution < -0.4 is 10.0 Å². The summed E-state index contributed by atoms with van der Waals surface area (Å²) in [5.74, 6) is -0.475. The molecule has 0 atom stereocenters. The molecule has 0 aliphatic carbocycles. The molecule has 1 amide bonds. The van der Waals surface area contributed by atoms with Crippen molar-refractivity contribution in [1.82, 2.24) is 4.72 Å². The van der Waals surface area contributed by atoms with Gasteiger partial charge in [0.15, 0.2) is 0 Å². The van der Waals surface area contributed by atoms with Crippen molar-refractivity contribution in [1.29, 1.82) is 0 Å². The van der Waals surface area contributed by atoms with E-state index < -0.39 is 15.9 Å². The number of hydrogen-bond acceptors (Lipinski definition) is 4. The summed E-state index contributed by atoms with van der Waals surface area (Å²) in [5.41, 5.74) is 1.08. The summed E-state index contributed by atoms with van der Waals surface area (Å²) in [6, 6.07) is 12.5. The van der Waals surface area contributed by atoms with Crippen LogP contribution in [-0.2, 0) is 14.8 Å². The fourth-order valence-electron chi connectivity index (χ4n) is 2.18. The molecule has 2 aromatic carbocycles. The number of phenolic OH excluding ortho intramolecular Hbond substituents is 1. The summed E-state index contributed by atoms with van der Waals surface area (Å²) in [6.07, 6.45) is 1.17. The van der Waals surface area contributed by atoms with Crippen molar-refractivity contribution in [2.75, 3.05) is 5.32 Å². The third-order valence-electron chi connectivity index (χ3n) is 3.10. The van der Waals surface area contributed by atoms with Gasteiger partial charge in [0.1, 0.15) is 5.75 Å². The van der Waals surface area contributed by atoms with E-state index >= 15 is 0 Å². The van der Waals surface area contributed by atoms with Crippen LogP contribution in [0.3, 0.4) is 0 Å². The van der Waals surface area contributed by atoms with Gasteiger partial charge in [-0.25, -0.2) is 8.42 Å². The van der Waals surface area contributed by atoms with E-state index in [0.717, 1.165) is 0 Å². The Labute approximate surface area is 127 Å². The van der Waals surface area contributed by atoms with Crippen molar-refractivity contribution in [2.24, 2.45) is 0 Å². The number of amides is 1. The van der Waals surface area contributed by atoms with E-state index in [-0.39, 0.29) is 16.3 Å². The molecule has 0 radical (unpaired) electrons. The van der Waals surface area contributed by atoms with E-state index in [9.17, 15) is 18.3 Å². The summed E-state index contributed by atoms with van der Waals surface area (Å²) in [7, 11) is -3.62. The second-order valence-corrected chi connectivity index (χ2v) is 6.35. The summed E-state index contributed by atoms with van der Waals surface area (Å²) >= 11 is 0. The fraction of sp³-hybridized carbons (Fsp3) is 0. The molecule has 3 N–H and O–H groups in total. The molecular formula is C15H12N2O4S. The first-order valence-corrected chi connectivity index (χ1v) is 7.88. The number of carbonyl (C=O) groups excluding carboxylic acids is 1. The average molecular weight is 316 g/mol. The Bertz CT molecular complexity index is 888. The van der Waals surface area contributed by atoms with E-state index in [0.29, 0.717) is 11.3 Å². The maximum absolute atomic E-state index is 12.0. The molecule has 0 fully saturated rings. The molecule has 0 saturated carbocycles. The molecule has 1 aliphatic heterocycles. The van der Waals surface area contributed by atoms with Crippen molar-refractivity contribution < 1.29 is 18.3 Å². The van der Waals surface area contributed by atoms with Crippen LogP contribution in [0.2, 0.25) is 0 Å². The molecule has 7 heteroatoms. The summed E-state index contributed by atoms with van der Waals surface area (Å²) in [5, 5.41) is 11.9. The first kappa shape index (κ1) is 14.2. The van der Waals surface area contributed by atoms with Gasteiger partial charge in [0.25, 0.3) is 10.0 Å². The van der Waals surface area contributed by atoms with E-state index in [1.807, 2.05) is 0 Å². The number of rotatable bonds is 2. The SMILES string of the molecule is O=C(C=C1NS(=O)(=O)c2ccccc21)Nc1cccc(O)c1. The van der Waals surface area contributed by atoms with Crippen LogP contribution in [-0.4, -0.2) is 19.4 Å². The lowest BCUT2D eigenvalue weighted by Gasteiger charge is -2.04. The normalized spacial score (nSPS) is 16.8. The number of benzene rings is 2. The minimum absolute atomic E-state index is 0.0253. The van der Waals surface area contributed by atoms with Gasteiger partial charge in [-0.3, -0.25) is 9.52 Å². The number of sulfonamides is 1. The van der Waals surface area contributed by atoms with Gasteiger partial charge in [-0.2, -0.15) is 0 Å². The van der Waals surface area contributed by atoms with E-state index in [2.05, 4.69) is 10.0 Å². The lowest BCUT2D eigenvalue weighted by molar-refractivity contribution is -0.111. The Morgan fingerprint density at radius 2 is 1.91 bits per heavy atom. The van der Waals surface area contributed by atoms with Gasteiger partial charge in [0.05, 0.1) is 10.6 Å². The van der Waals surface area contributed by atoms with Crippen LogP contribution in [0.25, 0.3) is 5.70 Å². The van der Waals surface area contributed by atoms with Gasteiger partial charge in [-0.15, -0.1) is 0 Å². The Hall–Kier alpha value is -2.80. The zero-order chi connectivity index (χ0) is 15.7. The number of hydrogen-bond donors (Lipinski definition) is 3. The highest BCUT2D eigenvalue weighted by Gasteiger charge is 2.29. The van der Waals surface area contributed by atoms with Crippen molar-refractivity contribution in [3.05, 3.63) is 60.2 Å². The molecule has 22 heavy (non-hydrogen) atoms. The van der Waals surface area contributed by atoms with Crippen LogP contribution >= 0.6 is 0 Å². The zero-order valence-electron chi connectivity index (χ0n) is 11.3. The third-order valence-corrected chi connectivity index (χ3v) is 4.52. The predicted molar refractivity (Wildman–Crippen MR) is 81.5 cm³/mol. The topological polar surface area (TPSA) is 95.5 Å². The van der Waals surface area contributed by atoms with Gasteiger partial charge in [0.2, 0.25) is 5.91 Å². The molecule has 112 valence electrons. The van der Waals surface area contributed by atoms with Crippen LogP contribution in [0.1, 0.15) is 5.56 Å². The van der Waals surface area contributed by atoms with Crippen LogP contribution in [0.15, 0.2) is 59.5 Å². The molecule has 0 aromatic heterocycles. The average Bonchev–Trinajstić information content (AvgIpc) is 2.70. The number of fused-ring (bicyclic) bond motifs is 1. The van der Waals surface area contributed by atoms with Crippen molar-refractivity contribution in [3.63, 3.8) is 0 Å². The zero-order valence-corrected chi connectivity index (χ0v) is 12.1. The Morgan fingerprint density at radius 3 is 2.68 bits per heavy atom. The van der Waals surface area contributed by atoms with Crippen molar-refractivity contribution >= 4 is 27.3 Å². The fourth-order valence-corrected chi connectivity index (χ4v) is 3.47. The van der Waals surface area contributed by atoms with Crippen LogP contribution in [0.4, 0.5) is 5.69 Å². The van der Waals surface area contributed by atoms with E-state index in [1.165, 1.54) is 24.3 Å². The van der Waals surface area contributed by atoms with Crippen molar-refractivity contribution in [2.45, 2.75) is 4.90 Å². The largest absolute Gasteiger partial charge is 0.508 e. The van der Waals surface area contributed by atoms with Gasteiger partial charge in [-0.05, 0) is 18.2 Å². The standard InChI is InChI=1S/C15H12N2O4S/c18-11-5-3-4-10(8-11)16-15(19)9-13-12-6-1-2-7-14(12)22(20,21)17-13/h1-9,17-18H,(H,16,19).